The summed E-state index contributed by atoms with van der Waals surface area (Å²) in [6.07, 6.45) is 3.40. The molecular weight excluding hydrogens is 338 g/mol. The molecule has 0 radical (unpaired) electrons. The normalized spacial score (nSPS) is 11.0. The number of hydrogen-bond donors (Lipinski definition) is 1. The molecule has 3 rings (SSSR count). The molecular formula is C18H15N3O3S. The van der Waals surface area contributed by atoms with Gasteiger partial charge in [-0.25, -0.2) is 4.98 Å². The fraction of sp³-hybridized carbons (Fsp3) is 0.111. The lowest BCUT2D eigenvalue weighted by atomic mass is 10.1. The highest BCUT2D eigenvalue weighted by Gasteiger charge is 2.09. The second-order valence-electron chi connectivity index (χ2n) is 5.27. The number of fused-ring (bicyclic) bond motifs is 1. The number of nitro groups is 1. The highest BCUT2D eigenvalue weighted by atomic mass is 32.1. The molecule has 1 amide bonds. The van der Waals surface area contributed by atoms with Crippen molar-refractivity contribution in [3.05, 3.63) is 75.3 Å². The van der Waals surface area contributed by atoms with Gasteiger partial charge >= 0.3 is 0 Å². The van der Waals surface area contributed by atoms with E-state index in [1.54, 1.807) is 29.5 Å². The minimum Gasteiger partial charge on any atom is -0.352 e. The average Bonchev–Trinajstić information content (AvgIpc) is 3.03. The molecule has 126 valence electrons. The molecule has 1 aromatic heterocycles. The number of para-hydroxylation sites is 2. The Bertz CT molecular complexity index is 916. The number of amides is 1. The van der Waals surface area contributed by atoms with Crippen LogP contribution < -0.4 is 5.32 Å². The molecule has 0 unspecified atom stereocenters. The van der Waals surface area contributed by atoms with Crippen LogP contribution in [0.2, 0.25) is 0 Å². The van der Waals surface area contributed by atoms with Crippen molar-refractivity contribution in [2.24, 2.45) is 0 Å². The molecule has 6 nitrogen and oxygen atoms in total. The third kappa shape index (κ3) is 4.27. The number of thiazole rings is 1. The topological polar surface area (TPSA) is 85.1 Å². The number of hydrogen-bond acceptors (Lipinski definition) is 5. The number of carbonyl (C=O) groups excluding carboxylic acids is 1. The predicted octanol–water partition coefficient (Wildman–Crippen LogP) is 3.58. The maximum Gasteiger partial charge on any atom is 0.276 e. The lowest BCUT2D eigenvalue weighted by Crippen LogP contribution is -2.23. The summed E-state index contributed by atoms with van der Waals surface area (Å²) in [4.78, 5) is 26.9. The molecule has 7 heteroatoms. The molecule has 2 aromatic carbocycles. The van der Waals surface area contributed by atoms with Crippen LogP contribution in [0.3, 0.4) is 0 Å². The van der Waals surface area contributed by atoms with Crippen molar-refractivity contribution >= 4 is 39.2 Å². The lowest BCUT2D eigenvalue weighted by molar-refractivity contribution is -0.385. The maximum atomic E-state index is 11.9. The van der Waals surface area contributed by atoms with Crippen LogP contribution in [0.25, 0.3) is 16.3 Å². The van der Waals surface area contributed by atoms with E-state index >= 15 is 0 Å². The summed E-state index contributed by atoms with van der Waals surface area (Å²) in [5, 5.41) is 14.7. The molecule has 3 aromatic rings. The van der Waals surface area contributed by atoms with Crippen molar-refractivity contribution in [2.45, 2.75) is 6.42 Å². The fourth-order valence-electron chi connectivity index (χ4n) is 2.34. The molecule has 0 aliphatic carbocycles. The molecule has 0 fully saturated rings. The van der Waals surface area contributed by atoms with Crippen molar-refractivity contribution in [1.82, 2.24) is 10.3 Å². The predicted molar refractivity (Wildman–Crippen MR) is 98.5 cm³/mol. The standard InChI is InChI=1S/C18H15N3O3S/c22-17(10-9-13-5-1-3-7-15(13)21(23)24)19-12-11-18-20-14-6-2-4-8-16(14)25-18/h1-10H,11-12H2,(H,19,22)/b10-9+. The van der Waals surface area contributed by atoms with Crippen molar-refractivity contribution in [1.29, 1.82) is 0 Å². The molecule has 0 spiro atoms. The van der Waals surface area contributed by atoms with Crippen molar-refractivity contribution < 1.29 is 9.72 Å². The van der Waals surface area contributed by atoms with Crippen LogP contribution in [0.1, 0.15) is 10.6 Å². The molecule has 0 aliphatic rings. The van der Waals surface area contributed by atoms with E-state index in [9.17, 15) is 14.9 Å². The average molecular weight is 353 g/mol. The minimum atomic E-state index is -0.468. The van der Waals surface area contributed by atoms with Crippen LogP contribution in [-0.2, 0) is 11.2 Å². The van der Waals surface area contributed by atoms with E-state index in [4.69, 9.17) is 0 Å². The summed E-state index contributed by atoms with van der Waals surface area (Å²) in [6.45, 7) is 0.458. The van der Waals surface area contributed by atoms with Crippen molar-refractivity contribution in [3.63, 3.8) is 0 Å². The monoisotopic (exact) mass is 353 g/mol. The Kier molecular flexibility index (Phi) is 5.15. The molecule has 1 heterocycles. The largest absolute Gasteiger partial charge is 0.352 e. The Labute approximate surface area is 148 Å². The molecule has 0 saturated heterocycles. The number of benzene rings is 2. The first-order chi connectivity index (χ1) is 12.1. The molecule has 0 atom stereocenters. The number of nitrogens with zero attached hydrogens (tertiary/aromatic N) is 2. The van der Waals surface area contributed by atoms with Gasteiger partial charge in [-0.05, 0) is 24.3 Å². The smallest absolute Gasteiger partial charge is 0.276 e. The van der Waals surface area contributed by atoms with E-state index in [1.165, 1.54) is 18.2 Å². The number of rotatable bonds is 6. The zero-order chi connectivity index (χ0) is 17.6. The number of carbonyl (C=O) groups is 1. The first-order valence-corrected chi connectivity index (χ1v) is 8.49. The van der Waals surface area contributed by atoms with Gasteiger partial charge < -0.3 is 5.32 Å². The van der Waals surface area contributed by atoms with Gasteiger partial charge in [0, 0.05) is 25.1 Å². The van der Waals surface area contributed by atoms with Crippen molar-refractivity contribution in [2.75, 3.05) is 6.54 Å². The van der Waals surface area contributed by atoms with Crippen LogP contribution in [0.15, 0.2) is 54.6 Å². The van der Waals surface area contributed by atoms with Gasteiger partial charge in [-0.15, -0.1) is 11.3 Å². The maximum absolute atomic E-state index is 11.9. The Hall–Kier alpha value is -3.06. The van der Waals surface area contributed by atoms with E-state index in [0.717, 1.165) is 15.2 Å². The molecule has 0 aliphatic heterocycles. The fourth-order valence-corrected chi connectivity index (χ4v) is 3.31. The van der Waals surface area contributed by atoms with Gasteiger partial charge in [0.15, 0.2) is 0 Å². The molecule has 0 bridgehead atoms. The van der Waals surface area contributed by atoms with Gasteiger partial charge in [-0.3, -0.25) is 14.9 Å². The Morgan fingerprint density at radius 1 is 1.20 bits per heavy atom. The molecule has 1 N–H and O–H groups in total. The van der Waals surface area contributed by atoms with E-state index in [-0.39, 0.29) is 11.6 Å². The summed E-state index contributed by atoms with van der Waals surface area (Å²) in [6, 6.07) is 14.2. The van der Waals surface area contributed by atoms with E-state index in [0.29, 0.717) is 18.5 Å². The summed E-state index contributed by atoms with van der Waals surface area (Å²) in [5.74, 6) is -0.292. The number of aromatic nitrogens is 1. The Balaban J connectivity index is 1.55. The van der Waals surface area contributed by atoms with Gasteiger partial charge in [0.1, 0.15) is 0 Å². The van der Waals surface area contributed by atoms with E-state index in [2.05, 4.69) is 10.3 Å². The summed E-state index contributed by atoms with van der Waals surface area (Å²) in [7, 11) is 0. The summed E-state index contributed by atoms with van der Waals surface area (Å²) >= 11 is 1.61. The first kappa shape index (κ1) is 16.8. The van der Waals surface area contributed by atoms with Crippen molar-refractivity contribution in [3.8, 4) is 0 Å². The molecule has 25 heavy (non-hydrogen) atoms. The van der Waals surface area contributed by atoms with Crippen LogP contribution in [0, 0.1) is 10.1 Å². The third-order valence-electron chi connectivity index (χ3n) is 3.52. The quantitative estimate of drug-likeness (QED) is 0.417. The Morgan fingerprint density at radius 3 is 2.76 bits per heavy atom. The summed E-state index contributed by atoms with van der Waals surface area (Å²) < 4.78 is 1.13. The Morgan fingerprint density at radius 2 is 1.96 bits per heavy atom. The van der Waals surface area contributed by atoms with Crippen LogP contribution >= 0.6 is 11.3 Å². The summed E-state index contributed by atoms with van der Waals surface area (Å²) in [5.41, 5.74) is 1.33. The SMILES string of the molecule is O=C(/C=C/c1ccccc1[N+](=O)[O-])NCCc1nc2ccccc2s1. The molecule has 0 saturated carbocycles. The van der Waals surface area contributed by atoms with Gasteiger partial charge in [0.2, 0.25) is 5.91 Å². The zero-order valence-corrected chi connectivity index (χ0v) is 14.0. The van der Waals surface area contributed by atoms with Crippen LogP contribution in [0.4, 0.5) is 5.69 Å². The third-order valence-corrected chi connectivity index (χ3v) is 4.62. The van der Waals surface area contributed by atoms with E-state index in [1.807, 2.05) is 24.3 Å². The first-order valence-electron chi connectivity index (χ1n) is 7.67. The second kappa shape index (κ2) is 7.67. The van der Waals surface area contributed by atoms with Gasteiger partial charge in [0.25, 0.3) is 5.69 Å². The number of nitrogens with one attached hydrogen (secondary N) is 1. The second-order valence-corrected chi connectivity index (χ2v) is 6.38. The van der Waals surface area contributed by atoms with Gasteiger partial charge in [-0.2, -0.15) is 0 Å². The van der Waals surface area contributed by atoms with E-state index < -0.39 is 4.92 Å². The van der Waals surface area contributed by atoms with Gasteiger partial charge in [-0.1, -0.05) is 24.3 Å². The van der Waals surface area contributed by atoms with Gasteiger partial charge in [0.05, 0.1) is 25.7 Å². The lowest BCUT2D eigenvalue weighted by Gasteiger charge is -2.00. The van der Waals surface area contributed by atoms with Crippen LogP contribution in [0.5, 0.6) is 0 Å². The highest BCUT2D eigenvalue weighted by Crippen LogP contribution is 2.21. The highest BCUT2D eigenvalue weighted by molar-refractivity contribution is 7.18. The zero-order valence-electron chi connectivity index (χ0n) is 13.2. The van der Waals surface area contributed by atoms with Crippen LogP contribution in [-0.4, -0.2) is 22.4 Å². The number of nitro benzene ring substituents is 1. The minimum absolute atomic E-state index is 0.0268.